The van der Waals surface area contributed by atoms with Crippen molar-refractivity contribution in [3.63, 3.8) is 0 Å². The maximum atomic E-state index is 11.9. The highest BCUT2D eigenvalue weighted by atomic mass is 35.5. The van der Waals surface area contributed by atoms with Gasteiger partial charge in [-0.3, -0.25) is 4.79 Å². The van der Waals surface area contributed by atoms with Crippen LogP contribution in [-0.4, -0.2) is 36.2 Å². The third kappa shape index (κ3) is 3.33. The summed E-state index contributed by atoms with van der Waals surface area (Å²) in [5.74, 6) is 0.438. The minimum Gasteiger partial charge on any atom is -0.390 e. The Bertz CT molecular complexity index is 599. The van der Waals surface area contributed by atoms with Gasteiger partial charge in [-0.05, 0) is 25.0 Å². The van der Waals surface area contributed by atoms with Gasteiger partial charge in [0.25, 0.3) is 0 Å². The van der Waals surface area contributed by atoms with Gasteiger partial charge in [0.15, 0.2) is 6.10 Å². The van der Waals surface area contributed by atoms with Gasteiger partial charge in [-0.15, -0.1) is 0 Å². The molecule has 2 aliphatic rings. The Morgan fingerprint density at radius 2 is 2.14 bits per heavy atom. The molecule has 1 heterocycles. The van der Waals surface area contributed by atoms with Crippen molar-refractivity contribution in [2.24, 2.45) is 11.1 Å². The molecule has 0 unspecified atom stereocenters. The van der Waals surface area contributed by atoms with Crippen LogP contribution in [0.1, 0.15) is 24.8 Å². The van der Waals surface area contributed by atoms with Crippen LogP contribution in [0, 0.1) is 5.92 Å². The summed E-state index contributed by atoms with van der Waals surface area (Å²) >= 11 is 11.9. The van der Waals surface area contributed by atoms with Crippen LogP contribution in [0.15, 0.2) is 23.4 Å². The predicted octanol–water partition coefficient (Wildman–Crippen LogP) is 3.35. The lowest BCUT2D eigenvalue weighted by Crippen LogP contribution is -2.35. The van der Waals surface area contributed by atoms with Gasteiger partial charge in [-0.1, -0.05) is 34.4 Å². The van der Waals surface area contributed by atoms with E-state index in [4.69, 9.17) is 28.0 Å². The highest BCUT2D eigenvalue weighted by Gasteiger charge is 2.34. The zero-order valence-corrected chi connectivity index (χ0v) is 13.2. The first-order valence-corrected chi connectivity index (χ1v) is 7.73. The predicted molar refractivity (Wildman–Crippen MR) is 82.9 cm³/mol. The molecule has 1 aromatic carbocycles. The Kier molecular flexibility index (Phi) is 4.09. The average molecular weight is 327 g/mol. The van der Waals surface area contributed by atoms with Gasteiger partial charge in [0.1, 0.15) is 0 Å². The molecule has 21 heavy (non-hydrogen) atoms. The Morgan fingerprint density at radius 1 is 1.38 bits per heavy atom. The molecule has 4 nitrogen and oxygen atoms in total. The van der Waals surface area contributed by atoms with Crippen LogP contribution in [0.25, 0.3) is 0 Å². The second-order valence-corrected chi connectivity index (χ2v) is 6.41. The molecule has 1 aliphatic carbocycles. The van der Waals surface area contributed by atoms with Crippen LogP contribution in [-0.2, 0) is 9.63 Å². The largest absolute Gasteiger partial charge is 0.390 e. The highest BCUT2D eigenvalue weighted by molar-refractivity contribution is 6.42. The van der Waals surface area contributed by atoms with E-state index in [1.54, 1.807) is 17.0 Å². The molecule has 6 heteroatoms. The summed E-state index contributed by atoms with van der Waals surface area (Å²) in [5.41, 5.74) is 1.74. The first-order valence-electron chi connectivity index (χ1n) is 6.97. The molecule has 0 spiro atoms. The fourth-order valence-corrected chi connectivity index (χ4v) is 2.71. The highest BCUT2D eigenvalue weighted by Crippen LogP contribution is 2.31. The summed E-state index contributed by atoms with van der Waals surface area (Å²) in [7, 11) is 1.82. The number of benzene rings is 1. The summed E-state index contributed by atoms with van der Waals surface area (Å²) in [4.78, 5) is 19.1. The molecule has 112 valence electrons. The molecule has 1 fully saturated rings. The van der Waals surface area contributed by atoms with E-state index in [2.05, 4.69) is 5.16 Å². The van der Waals surface area contributed by atoms with E-state index in [0.717, 1.165) is 24.1 Å². The van der Waals surface area contributed by atoms with Gasteiger partial charge in [-0.25, -0.2) is 0 Å². The van der Waals surface area contributed by atoms with Crippen molar-refractivity contribution >= 4 is 34.8 Å². The molecule has 1 amide bonds. The van der Waals surface area contributed by atoms with Crippen LogP contribution in [0.4, 0.5) is 0 Å². The zero-order valence-electron chi connectivity index (χ0n) is 11.7. The van der Waals surface area contributed by atoms with E-state index in [0.29, 0.717) is 23.0 Å². The lowest BCUT2D eigenvalue weighted by molar-refractivity contribution is -0.132. The number of oxime groups is 1. The molecule has 0 bridgehead atoms. The third-order valence-electron chi connectivity index (χ3n) is 3.77. The summed E-state index contributed by atoms with van der Waals surface area (Å²) in [6.07, 6.45) is 2.60. The lowest BCUT2D eigenvalue weighted by Gasteiger charge is -2.19. The van der Waals surface area contributed by atoms with E-state index in [1.165, 1.54) is 0 Å². The second kappa shape index (κ2) is 5.85. The molecule has 0 saturated heterocycles. The number of hydrogen-bond donors (Lipinski definition) is 0. The molecule has 0 N–H and O–H groups in total. The fourth-order valence-electron chi connectivity index (χ4n) is 2.41. The quantitative estimate of drug-likeness (QED) is 0.851. The van der Waals surface area contributed by atoms with Crippen molar-refractivity contribution in [1.82, 2.24) is 4.90 Å². The lowest BCUT2D eigenvalue weighted by atomic mass is 10.0. The number of carbonyl (C=O) groups is 1. The van der Waals surface area contributed by atoms with Crippen LogP contribution in [0.5, 0.6) is 0 Å². The van der Waals surface area contributed by atoms with Crippen LogP contribution in [0.3, 0.4) is 0 Å². The topological polar surface area (TPSA) is 41.9 Å². The zero-order chi connectivity index (χ0) is 15.0. The van der Waals surface area contributed by atoms with E-state index in [1.807, 2.05) is 13.1 Å². The monoisotopic (exact) mass is 326 g/mol. The van der Waals surface area contributed by atoms with Gasteiger partial charge in [-0.2, -0.15) is 0 Å². The molecule has 0 radical (unpaired) electrons. The summed E-state index contributed by atoms with van der Waals surface area (Å²) in [6.45, 7) is 0.559. The van der Waals surface area contributed by atoms with Gasteiger partial charge in [0, 0.05) is 24.9 Å². The Hall–Kier alpha value is -1.26. The summed E-state index contributed by atoms with van der Waals surface area (Å²) in [6, 6.07) is 5.41. The van der Waals surface area contributed by atoms with Crippen molar-refractivity contribution in [3.8, 4) is 0 Å². The number of hydrogen-bond acceptors (Lipinski definition) is 3. The number of nitrogens with zero attached hydrogens (tertiary/aromatic N) is 2. The van der Waals surface area contributed by atoms with Gasteiger partial charge in [0.05, 0.1) is 22.3 Å². The minimum absolute atomic E-state index is 0.0952. The SMILES string of the molecule is CN(C[C@H]1CC(c2ccc(Cl)c(Cl)c2)=NO1)C(=O)C1CC1. The number of likely N-dealkylation sites (N-methyl/N-ethyl adjacent to an activating group) is 1. The van der Waals surface area contributed by atoms with E-state index in [-0.39, 0.29) is 17.9 Å². The maximum Gasteiger partial charge on any atom is 0.225 e. The molecule has 3 rings (SSSR count). The van der Waals surface area contributed by atoms with Gasteiger partial charge in [0.2, 0.25) is 5.91 Å². The Labute approximate surface area is 133 Å². The number of rotatable bonds is 4. The summed E-state index contributed by atoms with van der Waals surface area (Å²) in [5, 5.41) is 5.13. The van der Waals surface area contributed by atoms with Crippen LogP contribution < -0.4 is 0 Å². The number of amides is 1. The van der Waals surface area contributed by atoms with Crippen molar-refractivity contribution < 1.29 is 9.63 Å². The average Bonchev–Trinajstić information content (AvgIpc) is 3.21. The van der Waals surface area contributed by atoms with E-state index in [9.17, 15) is 4.79 Å². The molecule has 1 saturated carbocycles. The van der Waals surface area contributed by atoms with Gasteiger partial charge < -0.3 is 9.74 Å². The molecule has 1 atom stereocenters. The third-order valence-corrected chi connectivity index (χ3v) is 4.51. The number of halogens is 2. The maximum absolute atomic E-state index is 11.9. The van der Waals surface area contributed by atoms with E-state index < -0.39 is 0 Å². The number of carbonyl (C=O) groups excluding carboxylic acids is 1. The first-order chi connectivity index (χ1) is 10.0. The van der Waals surface area contributed by atoms with Crippen molar-refractivity contribution in [1.29, 1.82) is 0 Å². The van der Waals surface area contributed by atoms with Crippen molar-refractivity contribution in [2.45, 2.75) is 25.4 Å². The minimum atomic E-state index is -0.0952. The normalized spacial score (nSPS) is 20.9. The van der Waals surface area contributed by atoms with Gasteiger partial charge >= 0.3 is 0 Å². The molecular weight excluding hydrogens is 311 g/mol. The van der Waals surface area contributed by atoms with Crippen LogP contribution >= 0.6 is 23.2 Å². The standard InChI is InChI=1S/C15H16Cl2N2O2/c1-19(15(20)9-2-3-9)8-11-7-14(18-21-11)10-4-5-12(16)13(17)6-10/h4-6,9,11H,2-3,7-8H2,1H3/t11-/m1/s1. The van der Waals surface area contributed by atoms with Crippen molar-refractivity contribution in [3.05, 3.63) is 33.8 Å². The second-order valence-electron chi connectivity index (χ2n) is 5.59. The summed E-state index contributed by atoms with van der Waals surface area (Å²) < 4.78 is 0. The Morgan fingerprint density at radius 3 is 2.81 bits per heavy atom. The molecule has 0 aromatic heterocycles. The fraction of sp³-hybridized carbons (Fsp3) is 0.467. The molecular formula is C15H16Cl2N2O2. The smallest absolute Gasteiger partial charge is 0.225 e. The van der Waals surface area contributed by atoms with Crippen molar-refractivity contribution in [2.75, 3.05) is 13.6 Å². The molecule has 1 aliphatic heterocycles. The van der Waals surface area contributed by atoms with Crippen LogP contribution in [0.2, 0.25) is 10.0 Å². The Balaban J connectivity index is 1.59. The molecule has 1 aromatic rings. The van der Waals surface area contributed by atoms with E-state index >= 15 is 0 Å². The first kappa shape index (κ1) is 14.7.